The topological polar surface area (TPSA) is 18.5 Å². The lowest BCUT2D eigenvalue weighted by Gasteiger charge is -2.42. The second-order valence-electron chi connectivity index (χ2n) is 11.5. The summed E-state index contributed by atoms with van der Waals surface area (Å²) < 4.78 is 37.0. The molecule has 0 atom stereocenters. The molecule has 0 aromatic heterocycles. The summed E-state index contributed by atoms with van der Waals surface area (Å²) in [4.78, 5) is 0. The molecule has 0 amide bonds. The molecule has 0 aromatic carbocycles. The van der Waals surface area contributed by atoms with Crippen molar-refractivity contribution in [2.75, 3.05) is 13.2 Å². The van der Waals surface area contributed by atoms with E-state index >= 15 is 0 Å². The van der Waals surface area contributed by atoms with Crippen molar-refractivity contribution in [3.05, 3.63) is 24.3 Å². The Morgan fingerprint density at radius 2 is 1.21 bits per heavy atom. The van der Waals surface area contributed by atoms with Crippen LogP contribution in [0.25, 0.3) is 0 Å². The van der Waals surface area contributed by atoms with E-state index in [1.807, 2.05) is 0 Å². The monoisotopic (exact) mass is 464 g/mol. The van der Waals surface area contributed by atoms with E-state index in [9.17, 15) is 8.78 Å². The van der Waals surface area contributed by atoms with E-state index in [4.69, 9.17) is 9.47 Å². The first-order valence-corrected chi connectivity index (χ1v) is 14.0. The molecule has 4 fully saturated rings. The zero-order chi connectivity index (χ0) is 23.0. The third kappa shape index (κ3) is 7.37. The molecule has 4 aliphatic rings. The predicted octanol–water partition coefficient (Wildman–Crippen LogP) is 8.53. The molecule has 1 heterocycles. The second kappa shape index (κ2) is 12.8. The highest BCUT2D eigenvalue weighted by molar-refractivity contribution is 4.91. The number of allylic oxidation sites excluding steroid dienone is 3. The van der Waals surface area contributed by atoms with Crippen LogP contribution in [0, 0.1) is 41.4 Å². The van der Waals surface area contributed by atoms with Crippen LogP contribution >= 0.6 is 0 Å². The first-order valence-electron chi connectivity index (χ1n) is 14.0. The van der Waals surface area contributed by atoms with Crippen LogP contribution in [-0.2, 0) is 9.47 Å². The molecule has 0 spiro atoms. The Labute approximate surface area is 200 Å². The molecule has 4 rings (SSSR count). The van der Waals surface area contributed by atoms with Crippen molar-refractivity contribution in [1.29, 1.82) is 0 Å². The molecule has 0 aromatic rings. The van der Waals surface area contributed by atoms with E-state index < -0.39 is 6.08 Å². The third-order valence-corrected chi connectivity index (χ3v) is 9.53. The van der Waals surface area contributed by atoms with E-state index in [0.717, 1.165) is 75.1 Å². The Morgan fingerprint density at radius 1 is 0.697 bits per heavy atom. The third-order valence-electron chi connectivity index (χ3n) is 9.53. The minimum Gasteiger partial charge on any atom is -0.352 e. The lowest BCUT2D eigenvalue weighted by Crippen LogP contribution is -2.41. The summed E-state index contributed by atoms with van der Waals surface area (Å²) in [6, 6.07) is 0. The van der Waals surface area contributed by atoms with Crippen molar-refractivity contribution in [3.8, 4) is 0 Å². The Bertz CT molecular complexity index is 612. The van der Waals surface area contributed by atoms with Gasteiger partial charge in [0.2, 0.25) is 0 Å². The fourth-order valence-electron chi connectivity index (χ4n) is 7.42. The van der Waals surface area contributed by atoms with Gasteiger partial charge in [-0.15, -0.1) is 0 Å². The molecule has 3 saturated carbocycles. The van der Waals surface area contributed by atoms with Crippen molar-refractivity contribution in [2.45, 2.75) is 103 Å². The number of rotatable bonds is 7. The van der Waals surface area contributed by atoms with Crippen molar-refractivity contribution in [3.63, 3.8) is 0 Å². The maximum absolute atomic E-state index is 12.2. The standard InChI is InChI=1S/C29H46F2O2/c1-2-4-21-7-11-23(12-8-21)24-15-17-25(18-16-24)27-19-32-29(33-20-27)26-13-9-22(10-14-26)5-3-6-28(30)31/h2,4,6,21-27,29H,3,5,7-20H2,1H3/b4-2+. The summed E-state index contributed by atoms with van der Waals surface area (Å²) in [6.45, 7) is 3.89. The van der Waals surface area contributed by atoms with Gasteiger partial charge in [0, 0.05) is 11.8 Å². The average Bonchev–Trinajstić information content (AvgIpc) is 2.85. The number of hydrogen-bond acceptors (Lipinski definition) is 2. The van der Waals surface area contributed by atoms with E-state index in [1.165, 1.54) is 51.4 Å². The molecule has 0 bridgehead atoms. The lowest BCUT2D eigenvalue weighted by atomic mass is 9.67. The van der Waals surface area contributed by atoms with Gasteiger partial charge in [0.25, 0.3) is 6.08 Å². The Hall–Kier alpha value is -0.740. The number of halogens is 2. The van der Waals surface area contributed by atoms with E-state index in [-0.39, 0.29) is 6.29 Å². The maximum atomic E-state index is 12.2. The first-order chi connectivity index (χ1) is 16.1. The fourth-order valence-corrected chi connectivity index (χ4v) is 7.42. The second-order valence-corrected chi connectivity index (χ2v) is 11.5. The highest BCUT2D eigenvalue weighted by atomic mass is 19.3. The van der Waals surface area contributed by atoms with Gasteiger partial charge in [0.05, 0.1) is 13.2 Å². The maximum Gasteiger partial charge on any atom is 0.266 e. The molecule has 3 aliphatic carbocycles. The molecule has 0 radical (unpaired) electrons. The Morgan fingerprint density at radius 3 is 1.76 bits per heavy atom. The van der Waals surface area contributed by atoms with Gasteiger partial charge in [-0.3, -0.25) is 0 Å². The summed E-state index contributed by atoms with van der Waals surface area (Å²) in [7, 11) is 0. The van der Waals surface area contributed by atoms with Gasteiger partial charge in [0.15, 0.2) is 6.29 Å². The van der Waals surface area contributed by atoms with Gasteiger partial charge in [0.1, 0.15) is 0 Å². The van der Waals surface area contributed by atoms with Crippen molar-refractivity contribution < 1.29 is 18.3 Å². The van der Waals surface area contributed by atoms with Crippen LogP contribution in [0.2, 0.25) is 0 Å². The molecule has 4 heteroatoms. The smallest absolute Gasteiger partial charge is 0.266 e. The molecule has 2 nitrogen and oxygen atoms in total. The quantitative estimate of drug-likeness (QED) is 0.351. The minimum atomic E-state index is -1.54. The molecule has 0 N–H and O–H groups in total. The highest BCUT2D eigenvalue weighted by Gasteiger charge is 2.37. The molecule has 188 valence electrons. The van der Waals surface area contributed by atoms with Crippen LogP contribution in [-0.4, -0.2) is 19.5 Å². The van der Waals surface area contributed by atoms with Gasteiger partial charge in [-0.25, -0.2) is 0 Å². The summed E-state index contributed by atoms with van der Waals surface area (Å²) in [6.07, 6.45) is 21.2. The van der Waals surface area contributed by atoms with Crippen molar-refractivity contribution in [2.24, 2.45) is 41.4 Å². The number of hydrogen-bond donors (Lipinski definition) is 0. The van der Waals surface area contributed by atoms with Gasteiger partial charge in [-0.2, -0.15) is 8.78 Å². The number of ether oxygens (including phenoxy) is 2. The zero-order valence-electron chi connectivity index (χ0n) is 20.7. The Kier molecular flexibility index (Phi) is 9.85. The highest BCUT2D eigenvalue weighted by Crippen LogP contribution is 2.44. The molecule has 1 aliphatic heterocycles. The van der Waals surface area contributed by atoms with Crippen molar-refractivity contribution >= 4 is 0 Å². The molecular formula is C29H46F2O2. The molecule has 0 unspecified atom stereocenters. The van der Waals surface area contributed by atoms with Crippen LogP contribution < -0.4 is 0 Å². The largest absolute Gasteiger partial charge is 0.352 e. The fraction of sp³-hybridized carbons (Fsp3) is 0.862. The average molecular weight is 465 g/mol. The lowest BCUT2D eigenvalue weighted by molar-refractivity contribution is -0.237. The summed E-state index contributed by atoms with van der Waals surface area (Å²) in [5.41, 5.74) is 0. The molecule has 33 heavy (non-hydrogen) atoms. The summed E-state index contributed by atoms with van der Waals surface area (Å²) in [5, 5.41) is 0. The first kappa shape index (κ1) is 25.4. The van der Waals surface area contributed by atoms with Gasteiger partial charge in [-0.1, -0.05) is 12.2 Å². The Balaban J connectivity index is 1.11. The van der Waals surface area contributed by atoms with E-state index in [0.29, 0.717) is 24.2 Å². The summed E-state index contributed by atoms with van der Waals surface area (Å²) >= 11 is 0. The van der Waals surface area contributed by atoms with Crippen LogP contribution in [0.4, 0.5) is 8.78 Å². The zero-order valence-corrected chi connectivity index (χ0v) is 20.7. The van der Waals surface area contributed by atoms with Gasteiger partial charge < -0.3 is 9.47 Å². The van der Waals surface area contributed by atoms with Crippen LogP contribution in [0.1, 0.15) is 96.8 Å². The van der Waals surface area contributed by atoms with Crippen LogP contribution in [0.15, 0.2) is 24.3 Å². The van der Waals surface area contributed by atoms with Crippen molar-refractivity contribution in [1.82, 2.24) is 0 Å². The summed E-state index contributed by atoms with van der Waals surface area (Å²) in [5.74, 6) is 5.19. The van der Waals surface area contributed by atoms with Gasteiger partial charge >= 0.3 is 0 Å². The normalized spacial score (nSPS) is 40.6. The van der Waals surface area contributed by atoms with E-state index in [1.54, 1.807) is 0 Å². The van der Waals surface area contributed by atoms with Gasteiger partial charge in [-0.05, 0) is 132 Å². The SMILES string of the molecule is C/C=C/C1CCC(C2CCC(C3COC(C4CCC(CCC=C(F)F)CC4)OC3)CC2)CC1. The minimum absolute atomic E-state index is 0.0333. The predicted molar refractivity (Wildman–Crippen MR) is 130 cm³/mol. The van der Waals surface area contributed by atoms with E-state index in [2.05, 4.69) is 19.1 Å². The van der Waals surface area contributed by atoms with Crippen LogP contribution in [0.3, 0.4) is 0 Å². The molecule has 1 saturated heterocycles. The van der Waals surface area contributed by atoms with Crippen LogP contribution in [0.5, 0.6) is 0 Å². The molecular weight excluding hydrogens is 418 g/mol.